The second-order valence-electron chi connectivity index (χ2n) is 7.37. The van der Waals surface area contributed by atoms with Gasteiger partial charge in [0.15, 0.2) is 0 Å². The zero-order chi connectivity index (χ0) is 21.7. The largest absolute Gasteiger partial charge is 0.311 e. The van der Waals surface area contributed by atoms with E-state index in [1.807, 2.05) is 47.8 Å². The molecule has 0 atom stereocenters. The zero-order valence-corrected chi connectivity index (χ0v) is 18.6. The van der Waals surface area contributed by atoms with Gasteiger partial charge in [0, 0.05) is 35.4 Å². The van der Waals surface area contributed by atoms with Crippen molar-refractivity contribution in [2.75, 3.05) is 18.4 Å². The molecule has 1 N–H and O–H groups in total. The average Bonchev–Trinajstić information content (AvgIpc) is 3.46. The normalized spacial score (nSPS) is 16.0. The molecule has 1 saturated heterocycles. The quantitative estimate of drug-likeness (QED) is 0.588. The smallest absolute Gasteiger partial charge is 0.236 e. The Kier molecular flexibility index (Phi) is 6.64. The van der Waals surface area contributed by atoms with E-state index in [1.54, 1.807) is 34.4 Å². The third kappa shape index (κ3) is 5.49. The number of piperidine rings is 1. The third-order valence-electron chi connectivity index (χ3n) is 5.27. The molecule has 0 aliphatic carbocycles. The minimum absolute atomic E-state index is 0.0928. The lowest BCUT2D eigenvalue weighted by atomic mass is 9.97. The van der Waals surface area contributed by atoms with Gasteiger partial charge in [0.2, 0.25) is 15.9 Å². The van der Waals surface area contributed by atoms with Gasteiger partial charge in [-0.25, -0.2) is 13.1 Å². The summed E-state index contributed by atoms with van der Waals surface area (Å²) in [6, 6.07) is 15.1. The summed E-state index contributed by atoms with van der Waals surface area (Å²) in [5.74, 6) is 0.332. The van der Waals surface area contributed by atoms with Crippen molar-refractivity contribution < 1.29 is 13.2 Å². The van der Waals surface area contributed by atoms with E-state index in [-0.39, 0.29) is 11.8 Å². The summed E-state index contributed by atoms with van der Waals surface area (Å²) >= 11 is 1.64. The first-order chi connectivity index (χ1) is 15.0. The van der Waals surface area contributed by atoms with Crippen molar-refractivity contribution in [3.05, 3.63) is 76.0 Å². The van der Waals surface area contributed by atoms with E-state index in [1.165, 1.54) is 9.71 Å². The Morgan fingerprint density at radius 3 is 2.61 bits per heavy atom. The molecule has 3 heterocycles. The third-order valence-corrected chi connectivity index (χ3v) is 7.70. The highest BCUT2D eigenvalue weighted by molar-refractivity contribution is 7.92. The molecule has 0 radical (unpaired) electrons. The number of hydrogen-bond donors (Lipinski definition) is 1. The summed E-state index contributed by atoms with van der Waals surface area (Å²) in [7, 11) is -3.51. The number of carbonyl (C=O) groups is 1. The molecule has 3 aromatic rings. The Morgan fingerprint density at radius 1 is 1.13 bits per heavy atom. The van der Waals surface area contributed by atoms with Crippen LogP contribution in [0, 0.1) is 5.92 Å². The first-order valence-electron chi connectivity index (χ1n) is 10.1. The van der Waals surface area contributed by atoms with Crippen LogP contribution in [0.2, 0.25) is 0 Å². The van der Waals surface area contributed by atoms with Crippen molar-refractivity contribution in [2.24, 2.45) is 5.92 Å². The van der Waals surface area contributed by atoms with Crippen LogP contribution in [0.3, 0.4) is 0 Å². The Hall–Kier alpha value is -2.75. The van der Waals surface area contributed by atoms with Gasteiger partial charge in [-0.2, -0.15) is 9.40 Å². The van der Waals surface area contributed by atoms with E-state index in [9.17, 15) is 13.2 Å². The molecule has 1 aliphatic heterocycles. The van der Waals surface area contributed by atoms with Crippen LogP contribution in [0.5, 0.6) is 0 Å². The van der Waals surface area contributed by atoms with E-state index >= 15 is 0 Å². The van der Waals surface area contributed by atoms with Gasteiger partial charge < -0.3 is 5.32 Å². The molecule has 0 spiro atoms. The Labute approximate surface area is 186 Å². The molecule has 31 heavy (non-hydrogen) atoms. The van der Waals surface area contributed by atoms with Crippen LogP contribution < -0.4 is 5.32 Å². The zero-order valence-electron chi connectivity index (χ0n) is 16.9. The summed E-state index contributed by atoms with van der Waals surface area (Å²) in [6.45, 7) is 1.26. The molecule has 1 aliphatic rings. The number of anilines is 1. The molecule has 0 saturated carbocycles. The fourth-order valence-corrected chi connectivity index (χ4v) is 5.44. The molecule has 9 heteroatoms. The van der Waals surface area contributed by atoms with E-state index in [0.29, 0.717) is 38.3 Å². The van der Waals surface area contributed by atoms with Gasteiger partial charge in [-0.1, -0.05) is 36.4 Å². The van der Waals surface area contributed by atoms with Crippen LogP contribution in [0.4, 0.5) is 5.82 Å². The molecular formula is C22H24N4O3S2. The predicted molar refractivity (Wildman–Crippen MR) is 123 cm³/mol. The van der Waals surface area contributed by atoms with Crippen molar-refractivity contribution in [1.29, 1.82) is 0 Å². The van der Waals surface area contributed by atoms with E-state index < -0.39 is 10.0 Å². The Morgan fingerprint density at radius 2 is 1.90 bits per heavy atom. The molecular weight excluding hydrogens is 432 g/mol. The lowest BCUT2D eigenvalue weighted by molar-refractivity contribution is -0.121. The number of sulfonamides is 1. The second kappa shape index (κ2) is 9.59. The van der Waals surface area contributed by atoms with Gasteiger partial charge in [0.05, 0.1) is 12.7 Å². The maximum Gasteiger partial charge on any atom is 0.236 e. The van der Waals surface area contributed by atoms with Gasteiger partial charge in [-0.15, -0.1) is 11.3 Å². The topological polar surface area (TPSA) is 84.3 Å². The first kappa shape index (κ1) is 21.5. The summed E-state index contributed by atoms with van der Waals surface area (Å²) in [6.07, 6.45) is 4.24. The number of benzene rings is 1. The molecule has 1 fully saturated rings. The minimum atomic E-state index is -3.51. The molecule has 162 valence electrons. The highest BCUT2D eigenvalue weighted by Gasteiger charge is 2.30. The summed E-state index contributed by atoms with van der Waals surface area (Å²) < 4.78 is 28.4. The monoisotopic (exact) mass is 456 g/mol. The maximum atomic E-state index is 12.8. The molecule has 0 bridgehead atoms. The standard InChI is InChI=1S/C22H24N4O3S2/c27-22(24-21-8-12-23-26(21)17-20-7-4-15-30-20)19-9-13-25(14-10-19)31(28,29)16-11-18-5-2-1-3-6-18/h1-8,11-12,15-16,19H,9-10,13-14,17H2,(H,24,27)/b16-11+. The van der Waals surface area contributed by atoms with Crippen LogP contribution in [0.15, 0.2) is 65.5 Å². The second-order valence-corrected chi connectivity index (χ2v) is 10.2. The molecule has 1 aromatic carbocycles. The van der Waals surface area contributed by atoms with Gasteiger partial charge in [-0.3, -0.25) is 4.79 Å². The van der Waals surface area contributed by atoms with Gasteiger partial charge in [0.25, 0.3) is 0 Å². The maximum absolute atomic E-state index is 12.8. The summed E-state index contributed by atoms with van der Waals surface area (Å²) in [5, 5.41) is 10.5. The molecule has 4 rings (SSSR count). The SMILES string of the molecule is O=C(Nc1ccnn1Cc1cccs1)C1CCN(S(=O)(=O)/C=C/c2ccccc2)CC1. The molecule has 7 nitrogen and oxygen atoms in total. The number of rotatable bonds is 7. The first-order valence-corrected chi connectivity index (χ1v) is 12.5. The van der Waals surface area contributed by atoms with Gasteiger partial charge >= 0.3 is 0 Å². The minimum Gasteiger partial charge on any atom is -0.311 e. The van der Waals surface area contributed by atoms with Crippen molar-refractivity contribution >= 4 is 39.2 Å². The fourth-order valence-electron chi connectivity index (χ4n) is 3.53. The van der Waals surface area contributed by atoms with Crippen molar-refractivity contribution in [3.8, 4) is 0 Å². The van der Waals surface area contributed by atoms with E-state index in [4.69, 9.17) is 0 Å². The Bertz CT molecular complexity index is 1130. The van der Waals surface area contributed by atoms with Gasteiger partial charge in [0.1, 0.15) is 5.82 Å². The number of nitrogens with zero attached hydrogens (tertiary/aromatic N) is 3. The number of thiophene rings is 1. The lowest BCUT2D eigenvalue weighted by Gasteiger charge is -2.29. The lowest BCUT2D eigenvalue weighted by Crippen LogP contribution is -2.40. The van der Waals surface area contributed by atoms with Crippen molar-refractivity contribution in [1.82, 2.24) is 14.1 Å². The highest BCUT2D eigenvalue weighted by Crippen LogP contribution is 2.23. The summed E-state index contributed by atoms with van der Waals surface area (Å²) in [4.78, 5) is 13.9. The van der Waals surface area contributed by atoms with Crippen molar-refractivity contribution in [3.63, 3.8) is 0 Å². The fraction of sp³-hybridized carbons (Fsp3) is 0.273. The number of aromatic nitrogens is 2. The number of amides is 1. The van der Waals surface area contributed by atoms with Crippen LogP contribution in [-0.4, -0.2) is 41.5 Å². The number of hydrogen-bond acceptors (Lipinski definition) is 5. The van der Waals surface area contributed by atoms with Gasteiger partial charge in [-0.05, 0) is 35.9 Å². The van der Waals surface area contributed by atoms with E-state index in [2.05, 4.69) is 10.4 Å². The van der Waals surface area contributed by atoms with Crippen molar-refractivity contribution in [2.45, 2.75) is 19.4 Å². The van der Waals surface area contributed by atoms with Crippen LogP contribution in [0.1, 0.15) is 23.3 Å². The predicted octanol–water partition coefficient (Wildman–Crippen LogP) is 3.64. The molecule has 1 amide bonds. The molecule has 2 aromatic heterocycles. The van der Waals surface area contributed by atoms with E-state index in [0.717, 1.165) is 10.4 Å². The Balaban J connectivity index is 1.32. The average molecular weight is 457 g/mol. The molecule has 0 unspecified atom stereocenters. The van der Waals surface area contributed by atoms with Crippen LogP contribution in [-0.2, 0) is 21.4 Å². The number of nitrogens with one attached hydrogen (secondary N) is 1. The number of carbonyl (C=O) groups excluding carboxylic acids is 1. The van der Waals surface area contributed by atoms with Crippen LogP contribution >= 0.6 is 11.3 Å². The summed E-state index contributed by atoms with van der Waals surface area (Å²) in [5.41, 5.74) is 0.833. The van der Waals surface area contributed by atoms with Crippen LogP contribution in [0.25, 0.3) is 6.08 Å². The highest BCUT2D eigenvalue weighted by atomic mass is 32.2.